The second-order valence-corrected chi connectivity index (χ2v) is 6.41. The molecule has 0 saturated carbocycles. The Balaban J connectivity index is 2.02. The molecular weight excluding hydrogens is 308 g/mol. The molecule has 2 N–H and O–H groups in total. The lowest BCUT2D eigenvalue weighted by atomic mass is 10.0. The van der Waals surface area contributed by atoms with Crippen LogP contribution in [0.15, 0.2) is 61.1 Å². The topological polar surface area (TPSA) is 48.8 Å². The Kier molecular flexibility index (Phi) is 3.90. The zero-order valence-corrected chi connectivity index (χ0v) is 14.6. The molecule has 0 aliphatic rings. The fourth-order valence-electron chi connectivity index (χ4n) is 3.64. The van der Waals surface area contributed by atoms with Gasteiger partial charge in [0.15, 0.2) is 0 Å². The van der Waals surface area contributed by atoms with Crippen molar-refractivity contribution in [2.45, 2.75) is 13.5 Å². The van der Waals surface area contributed by atoms with Crippen LogP contribution in [-0.2, 0) is 13.6 Å². The Hall–Kier alpha value is -2.85. The fraction of sp³-hybridized carbons (Fsp3) is 0.190. The molecule has 25 heavy (non-hydrogen) atoms. The highest BCUT2D eigenvalue weighted by Gasteiger charge is 2.19. The molecule has 4 nitrogen and oxygen atoms in total. The van der Waals surface area contributed by atoms with Gasteiger partial charge in [-0.25, -0.2) is 4.98 Å². The summed E-state index contributed by atoms with van der Waals surface area (Å²) in [7, 11) is 2.10. The van der Waals surface area contributed by atoms with Gasteiger partial charge in [0.05, 0.1) is 23.2 Å². The van der Waals surface area contributed by atoms with Gasteiger partial charge < -0.3 is 14.9 Å². The van der Waals surface area contributed by atoms with Crippen LogP contribution < -0.4 is 5.73 Å². The lowest BCUT2D eigenvalue weighted by Crippen LogP contribution is -2.10. The number of rotatable bonds is 4. The molecule has 4 heteroatoms. The number of nitrogens with two attached hydrogens (primary N) is 1. The van der Waals surface area contributed by atoms with E-state index in [0.29, 0.717) is 6.54 Å². The summed E-state index contributed by atoms with van der Waals surface area (Å²) >= 11 is 0. The second-order valence-electron chi connectivity index (χ2n) is 6.41. The Bertz CT molecular complexity index is 1020. The zero-order valence-electron chi connectivity index (χ0n) is 14.6. The van der Waals surface area contributed by atoms with Crippen LogP contribution in [0.2, 0.25) is 0 Å². The van der Waals surface area contributed by atoms with E-state index < -0.39 is 0 Å². The van der Waals surface area contributed by atoms with Gasteiger partial charge in [0, 0.05) is 42.8 Å². The number of hydrogen-bond donors (Lipinski definition) is 1. The molecule has 0 amide bonds. The standard InChI is InChI=1S/C21H22N4/c1-15-7-6-10-17-18(13-24(2)20(15)17)21-19(16-8-4-3-5-9-16)23-14-25(21)12-11-22/h3-10,13-14H,11-12,22H2,1-2H3. The van der Waals surface area contributed by atoms with Gasteiger partial charge in [0.1, 0.15) is 0 Å². The summed E-state index contributed by atoms with van der Waals surface area (Å²) in [6, 6.07) is 16.8. The van der Waals surface area contributed by atoms with E-state index in [-0.39, 0.29) is 0 Å². The molecule has 4 aromatic rings. The van der Waals surface area contributed by atoms with Crippen LogP contribution in [-0.4, -0.2) is 20.7 Å². The van der Waals surface area contributed by atoms with E-state index in [2.05, 4.69) is 59.6 Å². The zero-order chi connectivity index (χ0) is 17.4. The molecule has 0 bridgehead atoms. The van der Waals surface area contributed by atoms with Crippen molar-refractivity contribution < 1.29 is 0 Å². The molecule has 0 unspecified atom stereocenters. The summed E-state index contributed by atoms with van der Waals surface area (Å²) in [6.45, 7) is 3.49. The first kappa shape index (κ1) is 15.7. The maximum atomic E-state index is 5.84. The number of benzene rings is 2. The minimum atomic E-state index is 0.585. The smallest absolute Gasteiger partial charge is 0.0963 e. The number of aromatic nitrogens is 3. The van der Waals surface area contributed by atoms with E-state index in [4.69, 9.17) is 10.7 Å². The molecule has 0 fully saturated rings. The third kappa shape index (κ3) is 2.55. The Morgan fingerprint density at radius 1 is 1.04 bits per heavy atom. The van der Waals surface area contributed by atoms with Crippen molar-refractivity contribution in [2.24, 2.45) is 12.8 Å². The van der Waals surface area contributed by atoms with E-state index in [1.807, 2.05) is 24.5 Å². The largest absolute Gasteiger partial charge is 0.350 e. The molecule has 0 radical (unpaired) electrons. The van der Waals surface area contributed by atoms with E-state index in [0.717, 1.165) is 23.5 Å². The molecule has 126 valence electrons. The highest BCUT2D eigenvalue weighted by Crippen LogP contribution is 2.37. The first-order valence-electron chi connectivity index (χ1n) is 8.56. The number of hydrogen-bond acceptors (Lipinski definition) is 2. The minimum absolute atomic E-state index is 0.585. The van der Waals surface area contributed by atoms with Crippen molar-refractivity contribution in [1.82, 2.24) is 14.1 Å². The van der Waals surface area contributed by atoms with Gasteiger partial charge >= 0.3 is 0 Å². The summed E-state index contributed by atoms with van der Waals surface area (Å²) < 4.78 is 4.37. The van der Waals surface area contributed by atoms with Crippen molar-refractivity contribution in [2.75, 3.05) is 6.54 Å². The predicted octanol–water partition coefficient (Wildman–Crippen LogP) is 3.98. The summed E-state index contributed by atoms with van der Waals surface area (Å²) in [5.41, 5.74) is 12.8. The third-order valence-corrected chi connectivity index (χ3v) is 4.71. The van der Waals surface area contributed by atoms with Crippen LogP contribution in [0.25, 0.3) is 33.4 Å². The minimum Gasteiger partial charge on any atom is -0.350 e. The Labute approximate surface area is 147 Å². The van der Waals surface area contributed by atoms with Crippen molar-refractivity contribution >= 4 is 10.9 Å². The fourth-order valence-corrected chi connectivity index (χ4v) is 3.64. The maximum Gasteiger partial charge on any atom is 0.0963 e. The second kappa shape index (κ2) is 6.22. The monoisotopic (exact) mass is 330 g/mol. The SMILES string of the molecule is Cc1cccc2c(-c3c(-c4ccccc4)ncn3CCN)cn(C)c12. The van der Waals surface area contributed by atoms with Crippen LogP contribution in [0, 0.1) is 6.92 Å². The molecule has 2 aromatic heterocycles. The maximum absolute atomic E-state index is 5.84. The Morgan fingerprint density at radius 2 is 1.84 bits per heavy atom. The molecular formula is C21H22N4. The number of fused-ring (bicyclic) bond motifs is 1. The third-order valence-electron chi connectivity index (χ3n) is 4.71. The van der Waals surface area contributed by atoms with Gasteiger partial charge in [-0.1, -0.05) is 48.5 Å². The Morgan fingerprint density at radius 3 is 2.60 bits per heavy atom. The van der Waals surface area contributed by atoms with E-state index in [9.17, 15) is 0 Å². The average molecular weight is 330 g/mol. The highest BCUT2D eigenvalue weighted by molar-refractivity contribution is 5.99. The summed E-state index contributed by atoms with van der Waals surface area (Å²) in [5, 5.41) is 1.25. The van der Waals surface area contributed by atoms with Gasteiger partial charge in [-0.05, 0) is 12.5 Å². The summed E-state index contributed by atoms with van der Waals surface area (Å²) in [5.74, 6) is 0. The van der Waals surface area contributed by atoms with Crippen LogP contribution in [0.5, 0.6) is 0 Å². The van der Waals surface area contributed by atoms with Crippen LogP contribution >= 0.6 is 0 Å². The molecule has 0 aliphatic heterocycles. The van der Waals surface area contributed by atoms with Crippen molar-refractivity contribution in [1.29, 1.82) is 0 Å². The number of nitrogens with zero attached hydrogens (tertiary/aromatic N) is 3. The lowest BCUT2D eigenvalue weighted by Gasteiger charge is -2.09. The van der Waals surface area contributed by atoms with E-state index >= 15 is 0 Å². The van der Waals surface area contributed by atoms with Crippen LogP contribution in [0.4, 0.5) is 0 Å². The number of aryl methyl sites for hydroxylation is 2. The van der Waals surface area contributed by atoms with Gasteiger partial charge in [0.25, 0.3) is 0 Å². The first-order valence-corrected chi connectivity index (χ1v) is 8.56. The van der Waals surface area contributed by atoms with Gasteiger partial charge in [-0.15, -0.1) is 0 Å². The normalized spacial score (nSPS) is 11.3. The van der Waals surface area contributed by atoms with Gasteiger partial charge in [-0.2, -0.15) is 0 Å². The molecule has 0 aliphatic carbocycles. The molecule has 0 spiro atoms. The molecule has 4 rings (SSSR count). The number of imidazole rings is 1. The lowest BCUT2D eigenvalue weighted by molar-refractivity contribution is 0.714. The van der Waals surface area contributed by atoms with Crippen LogP contribution in [0.3, 0.4) is 0 Å². The van der Waals surface area contributed by atoms with Gasteiger partial charge in [0.2, 0.25) is 0 Å². The number of para-hydroxylation sites is 1. The first-order chi connectivity index (χ1) is 12.2. The van der Waals surface area contributed by atoms with E-state index in [1.54, 1.807) is 0 Å². The predicted molar refractivity (Wildman–Crippen MR) is 103 cm³/mol. The van der Waals surface area contributed by atoms with E-state index in [1.165, 1.54) is 22.0 Å². The molecule has 2 aromatic carbocycles. The van der Waals surface area contributed by atoms with Crippen molar-refractivity contribution in [3.05, 3.63) is 66.6 Å². The highest BCUT2D eigenvalue weighted by atomic mass is 15.1. The molecule has 0 atom stereocenters. The molecule has 0 saturated heterocycles. The van der Waals surface area contributed by atoms with Gasteiger partial charge in [-0.3, -0.25) is 0 Å². The average Bonchev–Trinajstić information content (AvgIpc) is 3.18. The summed E-state index contributed by atoms with van der Waals surface area (Å²) in [4.78, 5) is 4.72. The molecule has 2 heterocycles. The van der Waals surface area contributed by atoms with Crippen molar-refractivity contribution in [3.8, 4) is 22.5 Å². The van der Waals surface area contributed by atoms with Crippen LogP contribution in [0.1, 0.15) is 5.56 Å². The quantitative estimate of drug-likeness (QED) is 0.615. The van der Waals surface area contributed by atoms with Crippen molar-refractivity contribution in [3.63, 3.8) is 0 Å². The summed E-state index contributed by atoms with van der Waals surface area (Å²) in [6.07, 6.45) is 4.10.